The summed E-state index contributed by atoms with van der Waals surface area (Å²) in [6, 6.07) is 13.1. The smallest absolute Gasteiger partial charge is 0.224 e. The second-order valence-corrected chi connectivity index (χ2v) is 8.55. The van der Waals surface area contributed by atoms with Crippen LogP contribution in [0.15, 0.2) is 36.4 Å². The molecule has 28 heavy (non-hydrogen) atoms. The summed E-state index contributed by atoms with van der Waals surface area (Å²) in [7, 11) is 3.96. The highest BCUT2D eigenvalue weighted by molar-refractivity contribution is 5.91. The fraction of sp³-hybridized carbons (Fsp3) is 0.542. The van der Waals surface area contributed by atoms with Crippen LogP contribution in [0.3, 0.4) is 0 Å². The van der Waals surface area contributed by atoms with Gasteiger partial charge in [0.1, 0.15) is 0 Å². The van der Waals surface area contributed by atoms with Crippen LogP contribution in [0, 0.1) is 0 Å². The van der Waals surface area contributed by atoms with Gasteiger partial charge in [0.25, 0.3) is 0 Å². The summed E-state index contributed by atoms with van der Waals surface area (Å²) < 4.78 is 0. The molecule has 0 aromatic heterocycles. The molecular formula is C24H33N3O. The van der Waals surface area contributed by atoms with Gasteiger partial charge in [0.05, 0.1) is 6.42 Å². The van der Waals surface area contributed by atoms with Crippen LogP contribution in [0.25, 0.3) is 10.8 Å². The van der Waals surface area contributed by atoms with Crippen molar-refractivity contribution in [3.63, 3.8) is 0 Å². The Kier molecular flexibility index (Phi) is 5.70. The number of nitrogens with one attached hydrogen (secondary N) is 1. The normalized spacial score (nSPS) is 20.9. The van der Waals surface area contributed by atoms with Crippen LogP contribution in [0.1, 0.15) is 43.2 Å². The number of likely N-dealkylation sites (N-methyl/N-ethyl adjacent to an activating group) is 2. The lowest BCUT2D eigenvalue weighted by Crippen LogP contribution is -2.55. The van der Waals surface area contributed by atoms with E-state index in [-0.39, 0.29) is 11.4 Å². The van der Waals surface area contributed by atoms with Crippen LogP contribution in [0.2, 0.25) is 0 Å². The second kappa shape index (κ2) is 8.22. The van der Waals surface area contributed by atoms with Gasteiger partial charge in [-0.1, -0.05) is 55.7 Å². The monoisotopic (exact) mass is 379 g/mol. The van der Waals surface area contributed by atoms with E-state index in [4.69, 9.17) is 0 Å². The van der Waals surface area contributed by atoms with Crippen molar-refractivity contribution in [1.29, 1.82) is 0 Å². The molecule has 1 N–H and O–H groups in total. The summed E-state index contributed by atoms with van der Waals surface area (Å²) in [6.07, 6.45) is 6.75. The first-order chi connectivity index (χ1) is 13.6. The first-order valence-corrected chi connectivity index (χ1v) is 10.8. The number of piperazine rings is 1. The van der Waals surface area contributed by atoms with Crippen molar-refractivity contribution >= 4 is 16.7 Å². The van der Waals surface area contributed by atoms with Crippen molar-refractivity contribution in [3.8, 4) is 0 Å². The Morgan fingerprint density at radius 2 is 1.71 bits per heavy atom. The Labute approximate surface area is 168 Å². The largest absolute Gasteiger partial charge is 0.359 e. The Morgan fingerprint density at radius 1 is 1.00 bits per heavy atom. The number of hydrogen-bond acceptors (Lipinski definition) is 3. The third kappa shape index (κ3) is 3.56. The van der Waals surface area contributed by atoms with E-state index >= 15 is 0 Å². The molecule has 0 spiro atoms. The average Bonchev–Trinajstić information content (AvgIpc) is 2.74. The van der Waals surface area contributed by atoms with Gasteiger partial charge >= 0.3 is 0 Å². The number of fused-ring (bicyclic) bond motifs is 1. The third-order valence-corrected chi connectivity index (χ3v) is 6.95. The number of amides is 1. The second-order valence-electron chi connectivity index (χ2n) is 8.55. The van der Waals surface area contributed by atoms with Gasteiger partial charge in [-0.3, -0.25) is 9.69 Å². The van der Waals surface area contributed by atoms with Crippen molar-refractivity contribution < 1.29 is 4.79 Å². The molecular weight excluding hydrogens is 346 g/mol. The number of benzene rings is 2. The average molecular weight is 380 g/mol. The molecule has 2 aromatic carbocycles. The fourth-order valence-electron chi connectivity index (χ4n) is 5.34. The molecule has 4 rings (SSSR count). The fourth-order valence-corrected chi connectivity index (χ4v) is 5.34. The third-order valence-electron chi connectivity index (χ3n) is 6.95. The minimum absolute atomic E-state index is 0.0763. The van der Waals surface area contributed by atoms with Crippen molar-refractivity contribution in [3.05, 3.63) is 47.5 Å². The number of hydrogen-bond donors (Lipinski definition) is 1. The van der Waals surface area contributed by atoms with Crippen molar-refractivity contribution in [1.82, 2.24) is 15.1 Å². The highest BCUT2D eigenvalue weighted by Gasteiger charge is 2.42. The molecule has 2 aliphatic rings. The van der Waals surface area contributed by atoms with Gasteiger partial charge in [0.2, 0.25) is 5.91 Å². The van der Waals surface area contributed by atoms with Crippen LogP contribution in [-0.2, 0) is 16.8 Å². The molecule has 0 bridgehead atoms. The van der Waals surface area contributed by atoms with Gasteiger partial charge in [-0.25, -0.2) is 0 Å². The summed E-state index contributed by atoms with van der Waals surface area (Å²) in [5.74, 6) is 0.0990. The minimum Gasteiger partial charge on any atom is -0.359 e. The van der Waals surface area contributed by atoms with Gasteiger partial charge in [0, 0.05) is 38.8 Å². The summed E-state index contributed by atoms with van der Waals surface area (Å²) in [5.41, 5.74) is 2.71. The molecule has 0 unspecified atom stereocenters. The maximum atomic E-state index is 12.5. The van der Waals surface area contributed by atoms with Crippen LogP contribution < -0.4 is 5.32 Å². The van der Waals surface area contributed by atoms with Crippen molar-refractivity contribution in [2.75, 3.05) is 40.3 Å². The van der Waals surface area contributed by atoms with Gasteiger partial charge in [-0.15, -0.1) is 0 Å². The summed E-state index contributed by atoms with van der Waals surface area (Å²) in [5, 5.41) is 5.32. The standard InChI is InChI=1S/C24H33N3O/c1-25-23(28)18-21-20-9-5-4-8-19(20)10-11-22(21)24(12-6-3-7-13-24)27-16-14-26(2)15-17-27/h4-5,8-11H,3,6-7,12-18H2,1-2H3,(H,25,28). The predicted octanol–water partition coefficient (Wildman–Crippen LogP) is 3.54. The van der Waals surface area contributed by atoms with Gasteiger partial charge in [-0.05, 0) is 41.8 Å². The molecule has 1 saturated carbocycles. The van der Waals surface area contributed by atoms with E-state index < -0.39 is 0 Å². The summed E-state index contributed by atoms with van der Waals surface area (Å²) in [4.78, 5) is 17.6. The lowest BCUT2D eigenvalue weighted by Gasteiger charge is -2.50. The molecule has 1 aliphatic carbocycles. The van der Waals surface area contributed by atoms with E-state index in [0.717, 1.165) is 26.2 Å². The molecule has 1 saturated heterocycles. The van der Waals surface area contributed by atoms with Gasteiger partial charge in [0.15, 0.2) is 0 Å². The lowest BCUT2D eigenvalue weighted by molar-refractivity contribution is -0.119. The highest BCUT2D eigenvalue weighted by atomic mass is 16.1. The van der Waals surface area contributed by atoms with Crippen molar-refractivity contribution in [2.45, 2.75) is 44.1 Å². The molecule has 2 aromatic rings. The van der Waals surface area contributed by atoms with E-state index in [9.17, 15) is 4.79 Å². The van der Waals surface area contributed by atoms with Crippen molar-refractivity contribution in [2.24, 2.45) is 0 Å². The molecule has 2 fully saturated rings. The number of rotatable bonds is 4. The molecule has 0 atom stereocenters. The molecule has 0 radical (unpaired) electrons. The Hall–Kier alpha value is -1.91. The Morgan fingerprint density at radius 3 is 2.43 bits per heavy atom. The maximum Gasteiger partial charge on any atom is 0.224 e. The first-order valence-electron chi connectivity index (χ1n) is 10.8. The quantitative estimate of drug-likeness (QED) is 0.883. The maximum absolute atomic E-state index is 12.5. The van der Waals surface area contributed by atoms with E-state index in [0.29, 0.717) is 6.42 Å². The topological polar surface area (TPSA) is 35.6 Å². The van der Waals surface area contributed by atoms with Crippen LogP contribution in [0.4, 0.5) is 0 Å². The molecule has 1 heterocycles. The van der Waals surface area contributed by atoms with E-state index in [2.05, 4.69) is 58.6 Å². The Balaban J connectivity index is 1.85. The zero-order chi connectivity index (χ0) is 19.6. The highest BCUT2D eigenvalue weighted by Crippen LogP contribution is 2.45. The number of carbonyl (C=O) groups is 1. The Bertz CT molecular complexity index is 833. The lowest BCUT2D eigenvalue weighted by atomic mass is 9.72. The zero-order valence-electron chi connectivity index (χ0n) is 17.3. The van der Waals surface area contributed by atoms with Crippen LogP contribution in [0.5, 0.6) is 0 Å². The molecule has 4 nitrogen and oxygen atoms in total. The molecule has 4 heteroatoms. The van der Waals surface area contributed by atoms with E-state index in [1.54, 1.807) is 7.05 Å². The SMILES string of the molecule is CNC(=O)Cc1c(C2(N3CCN(C)CC3)CCCCC2)ccc2ccccc12. The summed E-state index contributed by atoms with van der Waals surface area (Å²) >= 11 is 0. The van der Waals surface area contributed by atoms with Crippen LogP contribution in [-0.4, -0.2) is 56.0 Å². The van der Waals surface area contributed by atoms with Crippen LogP contribution >= 0.6 is 0 Å². The minimum atomic E-state index is 0.0763. The first kappa shape index (κ1) is 19.4. The summed E-state index contributed by atoms with van der Waals surface area (Å²) in [6.45, 7) is 4.48. The predicted molar refractivity (Wildman–Crippen MR) is 116 cm³/mol. The van der Waals surface area contributed by atoms with E-state index in [1.807, 2.05) is 0 Å². The van der Waals surface area contributed by atoms with Gasteiger partial charge in [-0.2, -0.15) is 0 Å². The van der Waals surface area contributed by atoms with Gasteiger partial charge < -0.3 is 10.2 Å². The zero-order valence-corrected chi connectivity index (χ0v) is 17.3. The molecule has 1 aliphatic heterocycles. The number of carbonyl (C=O) groups excluding carboxylic acids is 1. The number of nitrogens with zero attached hydrogens (tertiary/aromatic N) is 2. The molecule has 150 valence electrons. The molecule has 1 amide bonds. The van der Waals surface area contributed by atoms with E-state index in [1.165, 1.54) is 54.0 Å².